The number of aromatic hydroxyl groups is 1. The smallest absolute Gasteiger partial charge is 0.347 e. The SMILES string of the molecule is COc1ccc(COc2cc(C)c(C(=O)Oc3cc(C)c(C(=O)OC(C)C)c(O)c3)c(OC)c2C)cc1. The van der Waals surface area contributed by atoms with Gasteiger partial charge >= 0.3 is 11.9 Å². The number of hydrogen-bond donors (Lipinski definition) is 1. The predicted molar refractivity (Wildman–Crippen MR) is 138 cm³/mol. The normalized spacial score (nSPS) is 10.7. The van der Waals surface area contributed by atoms with Gasteiger partial charge in [-0.3, -0.25) is 0 Å². The Labute approximate surface area is 216 Å². The van der Waals surface area contributed by atoms with Gasteiger partial charge in [0.05, 0.1) is 20.3 Å². The summed E-state index contributed by atoms with van der Waals surface area (Å²) >= 11 is 0. The topological polar surface area (TPSA) is 101 Å². The van der Waals surface area contributed by atoms with Crippen LogP contribution in [0.2, 0.25) is 0 Å². The summed E-state index contributed by atoms with van der Waals surface area (Å²) in [5.41, 5.74) is 2.86. The number of ether oxygens (including phenoxy) is 5. The molecule has 3 aromatic rings. The molecular weight excluding hydrogens is 476 g/mol. The first kappa shape index (κ1) is 27.4. The number of phenolic OH excluding ortho intramolecular Hbond substituents is 1. The molecule has 8 heteroatoms. The summed E-state index contributed by atoms with van der Waals surface area (Å²) < 4.78 is 27.5. The van der Waals surface area contributed by atoms with Crippen LogP contribution in [0.5, 0.6) is 28.7 Å². The maximum absolute atomic E-state index is 13.2. The Hall–Kier alpha value is -4.20. The molecule has 0 aromatic heterocycles. The van der Waals surface area contributed by atoms with Crippen LogP contribution in [0.1, 0.15) is 56.8 Å². The molecule has 0 bridgehead atoms. The van der Waals surface area contributed by atoms with Gasteiger partial charge in [-0.1, -0.05) is 12.1 Å². The van der Waals surface area contributed by atoms with Gasteiger partial charge in [0.1, 0.15) is 46.5 Å². The first-order chi connectivity index (χ1) is 17.5. The van der Waals surface area contributed by atoms with Crippen LogP contribution in [-0.4, -0.2) is 37.4 Å². The van der Waals surface area contributed by atoms with Crippen molar-refractivity contribution in [1.29, 1.82) is 0 Å². The first-order valence-corrected chi connectivity index (χ1v) is 11.8. The fraction of sp³-hybridized carbons (Fsp3) is 0.310. The van der Waals surface area contributed by atoms with E-state index in [-0.39, 0.29) is 28.7 Å². The zero-order chi connectivity index (χ0) is 27.3. The van der Waals surface area contributed by atoms with Gasteiger partial charge in [0.25, 0.3) is 0 Å². The maximum Gasteiger partial charge on any atom is 0.347 e. The van der Waals surface area contributed by atoms with Crippen molar-refractivity contribution >= 4 is 11.9 Å². The summed E-state index contributed by atoms with van der Waals surface area (Å²) in [6, 6.07) is 12.0. The van der Waals surface area contributed by atoms with Crippen molar-refractivity contribution in [3.05, 3.63) is 75.8 Å². The van der Waals surface area contributed by atoms with E-state index in [1.807, 2.05) is 24.3 Å². The van der Waals surface area contributed by atoms with Gasteiger partial charge in [-0.25, -0.2) is 9.59 Å². The van der Waals surface area contributed by atoms with Crippen molar-refractivity contribution in [3.63, 3.8) is 0 Å². The molecule has 196 valence electrons. The molecule has 0 fully saturated rings. The molecule has 0 aliphatic heterocycles. The number of esters is 2. The molecular formula is C29H32O8. The lowest BCUT2D eigenvalue weighted by Crippen LogP contribution is -2.15. The first-order valence-electron chi connectivity index (χ1n) is 11.8. The molecule has 37 heavy (non-hydrogen) atoms. The molecule has 0 radical (unpaired) electrons. The summed E-state index contributed by atoms with van der Waals surface area (Å²) in [5.74, 6) is 0.0809. The molecule has 0 spiro atoms. The predicted octanol–water partition coefficient (Wildman–Crippen LogP) is 5.70. The maximum atomic E-state index is 13.2. The van der Waals surface area contributed by atoms with E-state index in [0.29, 0.717) is 34.8 Å². The van der Waals surface area contributed by atoms with E-state index in [1.165, 1.54) is 19.2 Å². The Morgan fingerprint density at radius 2 is 1.49 bits per heavy atom. The van der Waals surface area contributed by atoms with Crippen LogP contribution in [0, 0.1) is 20.8 Å². The Bertz CT molecular complexity index is 1270. The molecule has 8 nitrogen and oxygen atoms in total. The van der Waals surface area contributed by atoms with Gasteiger partial charge in [-0.05, 0) is 75.6 Å². The third-order valence-electron chi connectivity index (χ3n) is 5.69. The van der Waals surface area contributed by atoms with Crippen LogP contribution in [0.4, 0.5) is 0 Å². The molecule has 0 aliphatic rings. The van der Waals surface area contributed by atoms with Crippen molar-refractivity contribution in [2.75, 3.05) is 14.2 Å². The fourth-order valence-corrected chi connectivity index (χ4v) is 3.89. The Kier molecular flexibility index (Phi) is 8.65. The summed E-state index contributed by atoms with van der Waals surface area (Å²) in [6.45, 7) is 8.93. The van der Waals surface area contributed by atoms with E-state index in [1.54, 1.807) is 47.8 Å². The third-order valence-corrected chi connectivity index (χ3v) is 5.69. The molecule has 0 saturated heterocycles. The molecule has 0 heterocycles. The lowest BCUT2D eigenvalue weighted by Gasteiger charge is -2.18. The van der Waals surface area contributed by atoms with E-state index < -0.39 is 11.9 Å². The molecule has 0 unspecified atom stereocenters. The minimum absolute atomic E-state index is 0.0245. The van der Waals surface area contributed by atoms with Gasteiger partial charge in [0, 0.05) is 11.6 Å². The largest absolute Gasteiger partial charge is 0.507 e. The van der Waals surface area contributed by atoms with E-state index in [0.717, 1.165) is 11.3 Å². The number of phenols is 1. The van der Waals surface area contributed by atoms with E-state index in [2.05, 4.69) is 0 Å². The monoisotopic (exact) mass is 508 g/mol. The van der Waals surface area contributed by atoms with Crippen molar-refractivity contribution in [3.8, 4) is 28.7 Å². The highest BCUT2D eigenvalue weighted by atomic mass is 16.5. The number of benzene rings is 3. The van der Waals surface area contributed by atoms with Crippen LogP contribution < -0.4 is 18.9 Å². The summed E-state index contributed by atoms with van der Waals surface area (Å²) in [6.07, 6.45) is -0.342. The minimum atomic E-state index is -0.671. The quantitative estimate of drug-likeness (QED) is 0.290. The highest BCUT2D eigenvalue weighted by Crippen LogP contribution is 2.36. The Morgan fingerprint density at radius 3 is 2.05 bits per heavy atom. The zero-order valence-electron chi connectivity index (χ0n) is 22.1. The minimum Gasteiger partial charge on any atom is -0.507 e. The number of hydrogen-bond acceptors (Lipinski definition) is 8. The molecule has 0 aliphatic carbocycles. The highest BCUT2D eigenvalue weighted by molar-refractivity contribution is 5.97. The number of rotatable bonds is 9. The third kappa shape index (κ3) is 6.33. The van der Waals surface area contributed by atoms with Crippen molar-refractivity contribution < 1.29 is 38.4 Å². The second-order valence-corrected chi connectivity index (χ2v) is 8.84. The number of carbonyl (C=O) groups is 2. The molecule has 0 atom stereocenters. The van der Waals surface area contributed by atoms with E-state index in [9.17, 15) is 14.7 Å². The summed E-state index contributed by atoms with van der Waals surface area (Å²) in [5, 5.41) is 10.4. The number of carbonyl (C=O) groups excluding carboxylic acids is 2. The second-order valence-electron chi connectivity index (χ2n) is 8.84. The molecule has 0 saturated carbocycles. The fourth-order valence-electron chi connectivity index (χ4n) is 3.89. The van der Waals surface area contributed by atoms with Crippen molar-refractivity contribution in [1.82, 2.24) is 0 Å². The van der Waals surface area contributed by atoms with Crippen LogP contribution in [0.25, 0.3) is 0 Å². The summed E-state index contributed by atoms with van der Waals surface area (Å²) in [4.78, 5) is 25.5. The van der Waals surface area contributed by atoms with Gasteiger partial charge in [0.2, 0.25) is 0 Å². The van der Waals surface area contributed by atoms with Crippen LogP contribution in [0.15, 0.2) is 42.5 Å². The van der Waals surface area contributed by atoms with Gasteiger partial charge in [-0.15, -0.1) is 0 Å². The van der Waals surface area contributed by atoms with Crippen LogP contribution in [-0.2, 0) is 11.3 Å². The standard InChI is InChI=1S/C29H32O8/c1-16(2)36-28(31)25-17(3)12-22(14-23(25)30)37-29(32)26-18(4)13-24(19(5)27(26)34-7)35-15-20-8-10-21(33-6)11-9-20/h8-14,16,30H,15H2,1-7H3. The average molecular weight is 509 g/mol. The summed E-state index contributed by atoms with van der Waals surface area (Å²) in [7, 11) is 3.08. The van der Waals surface area contributed by atoms with Gasteiger partial charge < -0.3 is 28.8 Å². The molecule has 1 N–H and O–H groups in total. The van der Waals surface area contributed by atoms with Crippen molar-refractivity contribution in [2.45, 2.75) is 47.3 Å². The van der Waals surface area contributed by atoms with Crippen LogP contribution >= 0.6 is 0 Å². The molecule has 3 rings (SSSR count). The lowest BCUT2D eigenvalue weighted by molar-refractivity contribution is 0.0373. The lowest BCUT2D eigenvalue weighted by atomic mass is 10.0. The van der Waals surface area contributed by atoms with E-state index >= 15 is 0 Å². The average Bonchev–Trinajstić information content (AvgIpc) is 2.83. The highest BCUT2D eigenvalue weighted by Gasteiger charge is 2.24. The molecule has 0 amide bonds. The Balaban J connectivity index is 1.84. The van der Waals surface area contributed by atoms with E-state index in [4.69, 9.17) is 23.7 Å². The van der Waals surface area contributed by atoms with Crippen LogP contribution in [0.3, 0.4) is 0 Å². The molecule has 3 aromatic carbocycles. The zero-order valence-corrected chi connectivity index (χ0v) is 22.1. The Morgan fingerprint density at radius 1 is 0.838 bits per heavy atom. The number of methoxy groups -OCH3 is 2. The van der Waals surface area contributed by atoms with Gasteiger partial charge in [0.15, 0.2) is 0 Å². The number of aryl methyl sites for hydroxylation is 2. The second kappa shape index (κ2) is 11.7. The van der Waals surface area contributed by atoms with Crippen molar-refractivity contribution in [2.24, 2.45) is 0 Å². The van der Waals surface area contributed by atoms with Gasteiger partial charge in [-0.2, -0.15) is 0 Å².